The Bertz CT molecular complexity index is 708. The lowest BCUT2D eigenvalue weighted by Crippen LogP contribution is -2.34. The van der Waals surface area contributed by atoms with E-state index in [0.29, 0.717) is 16.7 Å². The van der Waals surface area contributed by atoms with Crippen molar-refractivity contribution >= 4 is 27.3 Å². The molecule has 6 nitrogen and oxygen atoms in total. The second kappa shape index (κ2) is 6.41. The molecular weight excluding hydrogens is 348 g/mol. The first-order chi connectivity index (χ1) is 10.7. The van der Waals surface area contributed by atoms with Gasteiger partial charge in [0.25, 0.3) is 0 Å². The number of nitrogens with zero attached hydrogens (tertiary/aromatic N) is 2. The Morgan fingerprint density at radius 2 is 2.23 bits per heavy atom. The standard InChI is InChI=1S/C15H15BrN4O2/c16-12-7-17-9-14(20(21)22)15(12)19-8-13-11-4-2-1-3-10(11)5-6-18-13/h1-4,7,9,13,18H,5-6,8H2,(H,17,19). The zero-order chi connectivity index (χ0) is 15.5. The number of fused-ring (bicyclic) bond motifs is 1. The molecule has 7 heteroatoms. The second-order valence-corrected chi connectivity index (χ2v) is 5.96. The minimum absolute atomic E-state index is 0.0292. The summed E-state index contributed by atoms with van der Waals surface area (Å²) >= 11 is 3.32. The monoisotopic (exact) mass is 362 g/mol. The third-order valence-electron chi connectivity index (χ3n) is 3.77. The lowest BCUT2D eigenvalue weighted by molar-refractivity contribution is -0.384. The first-order valence-corrected chi connectivity index (χ1v) is 7.79. The highest BCUT2D eigenvalue weighted by Crippen LogP contribution is 2.32. The van der Waals surface area contributed by atoms with Crippen molar-refractivity contribution < 1.29 is 4.92 Å². The summed E-state index contributed by atoms with van der Waals surface area (Å²) in [6, 6.07) is 8.42. The summed E-state index contributed by atoms with van der Waals surface area (Å²) < 4.78 is 0.589. The Morgan fingerprint density at radius 3 is 3.05 bits per heavy atom. The van der Waals surface area contributed by atoms with E-state index in [2.05, 4.69) is 43.7 Å². The molecule has 0 saturated heterocycles. The number of anilines is 1. The van der Waals surface area contributed by atoms with Crippen molar-refractivity contribution in [2.45, 2.75) is 12.5 Å². The zero-order valence-electron chi connectivity index (χ0n) is 11.8. The van der Waals surface area contributed by atoms with Gasteiger partial charge in [-0.2, -0.15) is 0 Å². The maximum Gasteiger partial charge on any atom is 0.311 e. The van der Waals surface area contributed by atoms with Gasteiger partial charge in [0.2, 0.25) is 0 Å². The Hall–Kier alpha value is -1.99. The summed E-state index contributed by atoms with van der Waals surface area (Å²) in [5.74, 6) is 0. The highest BCUT2D eigenvalue weighted by atomic mass is 79.9. The number of halogens is 1. The highest BCUT2D eigenvalue weighted by Gasteiger charge is 2.22. The number of rotatable bonds is 4. The average Bonchev–Trinajstić information content (AvgIpc) is 2.53. The maximum atomic E-state index is 11.1. The van der Waals surface area contributed by atoms with Gasteiger partial charge in [0.1, 0.15) is 11.9 Å². The topological polar surface area (TPSA) is 80.1 Å². The first kappa shape index (κ1) is 14.9. The van der Waals surface area contributed by atoms with Gasteiger partial charge in [-0.25, -0.2) is 0 Å². The minimum atomic E-state index is -0.428. The maximum absolute atomic E-state index is 11.1. The Balaban J connectivity index is 1.81. The van der Waals surface area contributed by atoms with Crippen LogP contribution in [0.3, 0.4) is 0 Å². The van der Waals surface area contributed by atoms with Crippen LogP contribution < -0.4 is 10.6 Å². The second-order valence-electron chi connectivity index (χ2n) is 5.11. The molecule has 2 N–H and O–H groups in total. The van der Waals surface area contributed by atoms with Crippen molar-refractivity contribution in [3.8, 4) is 0 Å². The Kier molecular flexibility index (Phi) is 4.35. The van der Waals surface area contributed by atoms with Gasteiger partial charge < -0.3 is 10.6 Å². The highest BCUT2D eigenvalue weighted by molar-refractivity contribution is 9.10. The van der Waals surface area contributed by atoms with Crippen LogP contribution in [0, 0.1) is 10.1 Å². The predicted molar refractivity (Wildman–Crippen MR) is 88.0 cm³/mol. The molecule has 1 aliphatic rings. The van der Waals surface area contributed by atoms with Gasteiger partial charge in [-0.05, 0) is 40.0 Å². The summed E-state index contributed by atoms with van der Waals surface area (Å²) in [4.78, 5) is 14.5. The van der Waals surface area contributed by atoms with Crippen LogP contribution in [0.25, 0.3) is 0 Å². The van der Waals surface area contributed by atoms with Gasteiger partial charge in [-0.3, -0.25) is 15.1 Å². The quantitative estimate of drug-likeness (QED) is 0.645. The van der Waals surface area contributed by atoms with Gasteiger partial charge in [0.15, 0.2) is 0 Å². The molecule has 0 spiro atoms. The normalized spacial score (nSPS) is 16.9. The lowest BCUT2D eigenvalue weighted by Gasteiger charge is -2.27. The van der Waals surface area contributed by atoms with E-state index in [9.17, 15) is 10.1 Å². The number of pyridine rings is 1. The van der Waals surface area contributed by atoms with Crippen LogP contribution in [0.15, 0.2) is 41.1 Å². The molecule has 0 aliphatic carbocycles. The molecule has 2 heterocycles. The van der Waals surface area contributed by atoms with E-state index in [0.717, 1.165) is 13.0 Å². The van der Waals surface area contributed by atoms with E-state index in [1.165, 1.54) is 17.3 Å². The van der Waals surface area contributed by atoms with E-state index < -0.39 is 4.92 Å². The average molecular weight is 363 g/mol. The van der Waals surface area contributed by atoms with Crippen LogP contribution in [0.4, 0.5) is 11.4 Å². The molecule has 22 heavy (non-hydrogen) atoms. The van der Waals surface area contributed by atoms with Crippen molar-refractivity contribution in [3.05, 3.63) is 62.4 Å². The third kappa shape index (κ3) is 2.95. The molecule has 0 radical (unpaired) electrons. The third-order valence-corrected chi connectivity index (χ3v) is 4.38. The summed E-state index contributed by atoms with van der Waals surface area (Å²) in [5.41, 5.74) is 3.01. The molecular formula is C15H15BrN4O2. The fourth-order valence-electron chi connectivity index (χ4n) is 2.72. The summed E-state index contributed by atoms with van der Waals surface area (Å²) in [7, 11) is 0. The van der Waals surface area contributed by atoms with E-state index in [-0.39, 0.29) is 11.7 Å². The Labute approximate surface area is 136 Å². The molecule has 0 bridgehead atoms. The lowest BCUT2D eigenvalue weighted by atomic mass is 9.94. The molecule has 0 fully saturated rings. The van der Waals surface area contributed by atoms with Crippen LogP contribution in [0.2, 0.25) is 0 Å². The van der Waals surface area contributed by atoms with Gasteiger partial charge in [0.05, 0.1) is 9.40 Å². The molecule has 1 aromatic carbocycles. The van der Waals surface area contributed by atoms with Crippen LogP contribution in [-0.4, -0.2) is 23.0 Å². The molecule has 0 amide bonds. The van der Waals surface area contributed by atoms with Gasteiger partial charge in [-0.1, -0.05) is 24.3 Å². The largest absolute Gasteiger partial charge is 0.377 e. The molecule has 1 atom stereocenters. The first-order valence-electron chi connectivity index (χ1n) is 7.00. The molecule has 0 saturated carbocycles. The fourth-order valence-corrected chi connectivity index (χ4v) is 3.18. The number of benzene rings is 1. The number of hydrogen-bond acceptors (Lipinski definition) is 5. The molecule has 1 unspecified atom stereocenters. The van der Waals surface area contributed by atoms with Crippen molar-refractivity contribution in [1.29, 1.82) is 0 Å². The molecule has 2 aromatic rings. The van der Waals surface area contributed by atoms with Crippen molar-refractivity contribution in [2.75, 3.05) is 18.4 Å². The summed E-state index contributed by atoms with van der Waals surface area (Å²) in [6.45, 7) is 1.48. The fraction of sp³-hybridized carbons (Fsp3) is 0.267. The number of hydrogen-bond donors (Lipinski definition) is 2. The molecule has 1 aromatic heterocycles. The SMILES string of the molecule is O=[N+]([O-])c1cncc(Br)c1NCC1NCCc2ccccc21. The number of aromatic nitrogens is 1. The smallest absolute Gasteiger partial charge is 0.311 e. The predicted octanol–water partition coefficient (Wildman–Crippen LogP) is 3.05. The van der Waals surface area contributed by atoms with Gasteiger partial charge >= 0.3 is 5.69 Å². The summed E-state index contributed by atoms with van der Waals surface area (Å²) in [5, 5.41) is 17.7. The molecule has 3 rings (SSSR count). The number of nitrogens with one attached hydrogen (secondary N) is 2. The van der Waals surface area contributed by atoms with Crippen molar-refractivity contribution in [1.82, 2.24) is 10.3 Å². The molecule has 1 aliphatic heterocycles. The van der Waals surface area contributed by atoms with E-state index in [1.54, 1.807) is 6.20 Å². The van der Waals surface area contributed by atoms with Crippen molar-refractivity contribution in [3.63, 3.8) is 0 Å². The van der Waals surface area contributed by atoms with Crippen LogP contribution in [0.5, 0.6) is 0 Å². The zero-order valence-corrected chi connectivity index (χ0v) is 13.3. The molecule has 114 valence electrons. The van der Waals surface area contributed by atoms with E-state index >= 15 is 0 Å². The van der Waals surface area contributed by atoms with E-state index in [1.807, 2.05) is 12.1 Å². The van der Waals surface area contributed by atoms with Crippen molar-refractivity contribution in [2.24, 2.45) is 0 Å². The van der Waals surface area contributed by atoms with Gasteiger partial charge in [0, 0.05) is 18.8 Å². The Morgan fingerprint density at radius 1 is 1.41 bits per heavy atom. The van der Waals surface area contributed by atoms with Gasteiger partial charge in [-0.15, -0.1) is 0 Å². The van der Waals surface area contributed by atoms with Crippen LogP contribution >= 0.6 is 15.9 Å². The minimum Gasteiger partial charge on any atom is -0.377 e. The van der Waals surface area contributed by atoms with E-state index in [4.69, 9.17) is 0 Å². The van der Waals surface area contributed by atoms with Crippen LogP contribution in [0.1, 0.15) is 17.2 Å². The summed E-state index contributed by atoms with van der Waals surface area (Å²) in [6.07, 6.45) is 3.82. The number of nitro groups is 1. The van der Waals surface area contributed by atoms with Crippen LogP contribution in [-0.2, 0) is 6.42 Å².